The van der Waals surface area contributed by atoms with Gasteiger partial charge in [0.25, 0.3) is 14.4 Å². The van der Waals surface area contributed by atoms with Gasteiger partial charge in [0.1, 0.15) is 17.7 Å². The Morgan fingerprint density at radius 1 is 1.20 bits per heavy atom. The maximum atomic E-state index is 16.1. The number of carbonyl (C=O) groups excluding carboxylic acids is 1. The molecule has 252 valence electrons. The highest BCUT2D eigenvalue weighted by Crippen LogP contribution is 2.50. The largest absolute Gasteiger partial charge is 0.484 e. The predicted molar refractivity (Wildman–Crippen MR) is 182 cm³/mol. The van der Waals surface area contributed by atoms with E-state index in [1.165, 1.54) is 12.3 Å². The van der Waals surface area contributed by atoms with E-state index < -0.39 is 44.7 Å². The number of hydrogen-bond acceptors (Lipinski definition) is 10. The molecule has 1 N–H and O–H groups in total. The van der Waals surface area contributed by atoms with Crippen molar-refractivity contribution in [3.05, 3.63) is 53.1 Å². The number of anilines is 1. The minimum absolute atomic E-state index is 0.00186. The summed E-state index contributed by atoms with van der Waals surface area (Å²) < 4.78 is 51.4. The van der Waals surface area contributed by atoms with Gasteiger partial charge in [-0.1, -0.05) is 60.6 Å². The molecular formula is C31H48FN4O6PS2. The van der Waals surface area contributed by atoms with Crippen LogP contribution in [0.5, 0.6) is 5.75 Å². The van der Waals surface area contributed by atoms with Crippen molar-refractivity contribution in [1.29, 1.82) is 0 Å². The van der Waals surface area contributed by atoms with Crippen molar-refractivity contribution >= 4 is 41.8 Å². The van der Waals surface area contributed by atoms with Gasteiger partial charge in [0, 0.05) is 30.2 Å². The second-order valence-corrected chi connectivity index (χ2v) is 16.7. The Balaban J connectivity index is 1.65. The first kappa shape index (κ1) is 36.1. The molecule has 1 fully saturated rings. The van der Waals surface area contributed by atoms with Crippen molar-refractivity contribution < 1.29 is 29.1 Å². The highest BCUT2D eigenvalue weighted by atomic mass is 33.1. The van der Waals surface area contributed by atoms with Crippen molar-refractivity contribution in [2.75, 3.05) is 24.3 Å². The fourth-order valence-electron chi connectivity index (χ4n) is 4.42. The number of nitrogens with zero attached hydrogens (tertiary/aromatic N) is 3. The topological polar surface area (TPSA) is 104 Å². The summed E-state index contributed by atoms with van der Waals surface area (Å²) in [5.41, 5.74) is -0.814. The number of unbranched alkanes of at least 4 members (excludes halogenated alkanes) is 1. The number of halogens is 1. The van der Waals surface area contributed by atoms with Gasteiger partial charge in [-0.05, 0) is 65.6 Å². The van der Waals surface area contributed by atoms with E-state index in [2.05, 4.69) is 35.7 Å². The number of para-hydroxylation sites is 1. The average molecular weight is 688 g/mol. The van der Waals surface area contributed by atoms with Crippen LogP contribution in [0.1, 0.15) is 75.8 Å². The molecule has 1 aromatic heterocycles. The van der Waals surface area contributed by atoms with Crippen LogP contribution in [0.15, 0.2) is 47.4 Å². The number of ether oxygens (including phenoxy) is 2. The van der Waals surface area contributed by atoms with Crippen molar-refractivity contribution in [1.82, 2.24) is 14.2 Å². The molecule has 1 aromatic carbocycles. The van der Waals surface area contributed by atoms with Gasteiger partial charge in [-0.3, -0.25) is 9.36 Å². The van der Waals surface area contributed by atoms with Gasteiger partial charge in [0.05, 0.1) is 12.7 Å². The molecule has 0 aliphatic carbocycles. The number of nitrogens with one attached hydrogen (secondary N) is 1. The van der Waals surface area contributed by atoms with Crippen LogP contribution in [0, 0.1) is 0 Å². The number of benzene rings is 1. The molecule has 10 nitrogen and oxygen atoms in total. The Morgan fingerprint density at radius 2 is 1.91 bits per heavy atom. The van der Waals surface area contributed by atoms with E-state index in [-0.39, 0.29) is 36.2 Å². The van der Waals surface area contributed by atoms with Gasteiger partial charge >= 0.3 is 5.69 Å². The average Bonchev–Trinajstić information content (AvgIpc) is 3.29. The van der Waals surface area contributed by atoms with Crippen LogP contribution in [0.25, 0.3) is 0 Å². The first-order valence-electron chi connectivity index (χ1n) is 15.9. The minimum atomic E-state index is -1.77. The first-order valence-corrected chi connectivity index (χ1v) is 18.6. The molecule has 45 heavy (non-hydrogen) atoms. The quantitative estimate of drug-likeness (QED) is 0.104. The van der Waals surface area contributed by atoms with Crippen molar-refractivity contribution in [3.8, 4) is 5.75 Å². The molecule has 5 atom stereocenters. The summed E-state index contributed by atoms with van der Waals surface area (Å²) in [7, 11) is 2.02. The fourth-order valence-corrected chi connectivity index (χ4v) is 8.64. The van der Waals surface area contributed by atoms with Gasteiger partial charge in [0.2, 0.25) is 0 Å². The van der Waals surface area contributed by atoms with Crippen LogP contribution >= 0.6 is 30.1 Å². The Bertz CT molecular complexity index is 1270. The normalized spacial score (nSPS) is 21.4. The van der Waals surface area contributed by atoms with Crippen LogP contribution in [0.4, 0.5) is 10.2 Å². The Kier molecular flexibility index (Phi) is 14.4. The molecule has 0 bridgehead atoms. The summed E-state index contributed by atoms with van der Waals surface area (Å²) in [5, 5.41) is 2.51. The van der Waals surface area contributed by atoms with E-state index in [4.69, 9.17) is 19.9 Å². The van der Waals surface area contributed by atoms with Gasteiger partial charge in [-0.15, -0.1) is 0 Å². The second kappa shape index (κ2) is 18.0. The van der Waals surface area contributed by atoms with E-state index in [1.54, 1.807) is 24.3 Å². The van der Waals surface area contributed by atoms with E-state index in [0.717, 1.165) is 23.2 Å². The molecule has 1 saturated heterocycles. The molecule has 1 amide bonds. The second-order valence-electron chi connectivity index (χ2n) is 12.1. The molecule has 2 heterocycles. The van der Waals surface area contributed by atoms with Crippen LogP contribution < -0.4 is 15.7 Å². The molecule has 0 radical (unpaired) electrons. The lowest BCUT2D eigenvalue weighted by Crippen LogP contribution is -2.38. The lowest BCUT2D eigenvalue weighted by molar-refractivity contribution is -0.118. The van der Waals surface area contributed by atoms with Crippen LogP contribution in [-0.2, 0) is 18.6 Å². The zero-order valence-corrected chi connectivity index (χ0v) is 29.7. The van der Waals surface area contributed by atoms with Crippen molar-refractivity contribution in [2.45, 2.75) is 110 Å². The maximum absolute atomic E-state index is 16.1. The fraction of sp³-hybridized carbons (Fsp3) is 0.645. The predicted octanol–water partition coefficient (Wildman–Crippen LogP) is 7.22. The summed E-state index contributed by atoms with van der Waals surface area (Å²) in [6.07, 6.45) is -2.06. The number of hydrogen-bond donors (Lipinski definition) is 1. The summed E-state index contributed by atoms with van der Waals surface area (Å²) >= 11 is 0. The molecule has 2 unspecified atom stereocenters. The SMILES string of the molecule is [2H]C[C@H]1O[C@@H](n2ccc(NC(=O)COc3ccccc3)nc2=O)[C@@H](F)C1OP(OCCCCSSC(C)(C)C)N(C(C)C)C(C)C. The summed E-state index contributed by atoms with van der Waals surface area (Å²) in [6, 6.07) is 10.3. The van der Waals surface area contributed by atoms with E-state index in [9.17, 15) is 9.59 Å². The number of alkyl halides is 1. The molecule has 3 rings (SSSR count). The summed E-state index contributed by atoms with van der Waals surface area (Å²) in [4.78, 5) is 29.2. The van der Waals surface area contributed by atoms with E-state index in [1.807, 2.05) is 55.3 Å². The van der Waals surface area contributed by atoms with E-state index >= 15 is 4.39 Å². The van der Waals surface area contributed by atoms with Gasteiger partial charge < -0.3 is 23.8 Å². The summed E-state index contributed by atoms with van der Waals surface area (Å²) in [5.74, 6) is 1.02. The Hall–Kier alpha value is -1.73. The Labute approximate surface area is 277 Å². The van der Waals surface area contributed by atoms with Crippen LogP contribution in [0.2, 0.25) is 0 Å². The molecule has 1 aliphatic heterocycles. The monoisotopic (exact) mass is 687 g/mol. The number of aromatic nitrogens is 2. The highest BCUT2D eigenvalue weighted by Gasteiger charge is 2.48. The molecule has 14 heteroatoms. The van der Waals surface area contributed by atoms with Crippen LogP contribution in [-0.4, -0.2) is 74.3 Å². The van der Waals surface area contributed by atoms with Crippen molar-refractivity contribution in [2.24, 2.45) is 0 Å². The standard InChI is InChI=1S/C31H48FN4O6PS2/c1-21(2)36(22(3)4)43(40-18-12-13-19-44-45-31(6,7)8)42-28-23(5)41-29(27(28)32)35-17-16-25(34-30(35)38)33-26(37)20-39-24-14-10-9-11-15-24/h9-11,14-17,21-23,27-29H,12-13,18-20H2,1-8H3,(H,33,34,37,38)/t23-,27+,28?,29-,43?/m1/s1/i5D. The Morgan fingerprint density at radius 3 is 2.53 bits per heavy atom. The minimum Gasteiger partial charge on any atom is -0.484 e. The molecule has 0 spiro atoms. The van der Waals surface area contributed by atoms with Gasteiger partial charge in [-0.2, -0.15) is 4.98 Å². The third-order valence-electron chi connectivity index (χ3n) is 6.34. The number of rotatable bonds is 17. The van der Waals surface area contributed by atoms with Crippen LogP contribution in [0.3, 0.4) is 0 Å². The lowest BCUT2D eigenvalue weighted by Gasteiger charge is -2.37. The zero-order valence-electron chi connectivity index (χ0n) is 28.2. The lowest BCUT2D eigenvalue weighted by atomic mass is 10.2. The third kappa shape index (κ3) is 12.1. The first-order chi connectivity index (χ1) is 21.8. The molecular weight excluding hydrogens is 638 g/mol. The molecule has 1 aliphatic rings. The number of amides is 1. The molecule has 2 aromatic rings. The third-order valence-corrected chi connectivity index (χ3v) is 11.9. The van der Waals surface area contributed by atoms with Gasteiger partial charge in [-0.25, -0.2) is 13.9 Å². The van der Waals surface area contributed by atoms with Gasteiger partial charge in [0.15, 0.2) is 19.0 Å². The zero-order chi connectivity index (χ0) is 33.9. The summed E-state index contributed by atoms with van der Waals surface area (Å²) in [6.45, 7) is 14.6. The van der Waals surface area contributed by atoms with Crippen molar-refractivity contribution in [3.63, 3.8) is 0 Å². The maximum Gasteiger partial charge on any atom is 0.351 e. The smallest absolute Gasteiger partial charge is 0.351 e. The highest BCUT2D eigenvalue weighted by molar-refractivity contribution is 8.77. The number of carbonyl (C=O) groups is 1. The molecule has 0 saturated carbocycles. The van der Waals surface area contributed by atoms with E-state index in [0.29, 0.717) is 12.4 Å².